The zero-order chi connectivity index (χ0) is 17.1. The standard InChI is InChI=1S/C17H15IN2O4/c18-13-4-1-5-15(10-13)24-11-17(21)19-8-2-3-12-9-14(20(22)23)6-7-16(12)19/h1,4-7,9-10H,2-3,8,11H2. The van der Waals surface area contributed by atoms with Crippen molar-refractivity contribution >= 4 is 39.9 Å². The smallest absolute Gasteiger partial charge is 0.269 e. The Balaban J connectivity index is 1.74. The molecule has 0 fully saturated rings. The summed E-state index contributed by atoms with van der Waals surface area (Å²) in [4.78, 5) is 24.6. The van der Waals surface area contributed by atoms with Crippen LogP contribution >= 0.6 is 22.6 Å². The summed E-state index contributed by atoms with van der Waals surface area (Å²) >= 11 is 2.18. The van der Waals surface area contributed by atoms with Crippen LogP contribution in [0.3, 0.4) is 0 Å². The molecule has 124 valence electrons. The van der Waals surface area contributed by atoms with E-state index in [0.29, 0.717) is 12.3 Å². The molecule has 0 bridgehead atoms. The van der Waals surface area contributed by atoms with Gasteiger partial charge in [-0.2, -0.15) is 0 Å². The molecule has 0 spiro atoms. The maximum atomic E-state index is 12.5. The first kappa shape index (κ1) is 16.7. The van der Waals surface area contributed by atoms with Crippen LogP contribution in [0.5, 0.6) is 5.75 Å². The van der Waals surface area contributed by atoms with Crippen LogP contribution in [0.1, 0.15) is 12.0 Å². The number of hydrogen-bond donors (Lipinski definition) is 0. The van der Waals surface area contributed by atoms with E-state index in [-0.39, 0.29) is 18.2 Å². The number of anilines is 1. The summed E-state index contributed by atoms with van der Waals surface area (Å²) in [5.74, 6) is 0.500. The minimum Gasteiger partial charge on any atom is -0.484 e. The average Bonchev–Trinajstić information content (AvgIpc) is 2.58. The van der Waals surface area contributed by atoms with Crippen LogP contribution in [0.15, 0.2) is 42.5 Å². The number of non-ortho nitro benzene ring substituents is 1. The van der Waals surface area contributed by atoms with E-state index in [4.69, 9.17) is 4.74 Å². The van der Waals surface area contributed by atoms with E-state index < -0.39 is 4.92 Å². The molecule has 0 radical (unpaired) electrons. The zero-order valence-corrected chi connectivity index (χ0v) is 14.9. The molecule has 2 aromatic carbocycles. The van der Waals surface area contributed by atoms with Crippen LogP contribution in [0.2, 0.25) is 0 Å². The van der Waals surface area contributed by atoms with Gasteiger partial charge in [-0.25, -0.2) is 0 Å². The summed E-state index contributed by atoms with van der Waals surface area (Å²) in [7, 11) is 0. The van der Waals surface area contributed by atoms with Crippen molar-refractivity contribution in [2.75, 3.05) is 18.1 Å². The monoisotopic (exact) mass is 438 g/mol. The lowest BCUT2D eigenvalue weighted by Crippen LogP contribution is -2.38. The predicted molar refractivity (Wildman–Crippen MR) is 98.4 cm³/mol. The lowest BCUT2D eigenvalue weighted by molar-refractivity contribution is -0.384. The molecule has 0 saturated carbocycles. The second kappa shape index (κ2) is 7.16. The summed E-state index contributed by atoms with van der Waals surface area (Å²) < 4.78 is 6.61. The van der Waals surface area contributed by atoms with Crippen LogP contribution in [0.4, 0.5) is 11.4 Å². The summed E-state index contributed by atoms with van der Waals surface area (Å²) in [6, 6.07) is 12.1. The Morgan fingerprint density at radius 2 is 2.12 bits per heavy atom. The number of nitrogens with zero attached hydrogens (tertiary/aromatic N) is 2. The van der Waals surface area contributed by atoms with Gasteiger partial charge in [0.2, 0.25) is 0 Å². The fraction of sp³-hybridized carbons (Fsp3) is 0.235. The lowest BCUT2D eigenvalue weighted by Gasteiger charge is -2.29. The minimum absolute atomic E-state index is 0.0539. The Labute approximate surface area is 152 Å². The Kier molecular flexibility index (Phi) is 4.98. The molecule has 2 aromatic rings. The average molecular weight is 438 g/mol. The van der Waals surface area contributed by atoms with Crippen LogP contribution in [0, 0.1) is 13.7 Å². The lowest BCUT2D eigenvalue weighted by atomic mass is 10.0. The number of carbonyl (C=O) groups is 1. The van der Waals surface area contributed by atoms with Gasteiger partial charge in [0, 0.05) is 27.9 Å². The number of carbonyl (C=O) groups excluding carboxylic acids is 1. The number of ether oxygens (including phenoxy) is 1. The molecule has 3 rings (SSSR count). The number of hydrogen-bond acceptors (Lipinski definition) is 4. The third-order valence-electron chi connectivity index (χ3n) is 3.85. The number of rotatable bonds is 4. The molecule has 7 heteroatoms. The molecule has 0 aromatic heterocycles. The number of aryl methyl sites for hydroxylation is 1. The second-order valence-electron chi connectivity index (χ2n) is 5.47. The van der Waals surface area contributed by atoms with Gasteiger partial charge in [0.1, 0.15) is 5.75 Å². The molecule has 1 amide bonds. The fourth-order valence-corrected chi connectivity index (χ4v) is 3.25. The van der Waals surface area contributed by atoms with E-state index in [9.17, 15) is 14.9 Å². The maximum Gasteiger partial charge on any atom is 0.269 e. The SMILES string of the molecule is O=C(COc1cccc(I)c1)N1CCCc2cc([N+](=O)[O-])ccc21. The molecule has 0 aliphatic carbocycles. The van der Waals surface area contributed by atoms with E-state index in [2.05, 4.69) is 22.6 Å². The molecule has 0 unspecified atom stereocenters. The minimum atomic E-state index is -0.415. The Hall–Kier alpha value is -2.16. The Morgan fingerprint density at radius 1 is 1.29 bits per heavy atom. The fourth-order valence-electron chi connectivity index (χ4n) is 2.74. The van der Waals surface area contributed by atoms with E-state index in [1.807, 2.05) is 24.3 Å². The van der Waals surface area contributed by atoms with E-state index >= 15 is 0 Å². The normalized spacial score (nSPS) is 13.3. The van der Waals surface area contributed by atoms with Crippen LogP contribution in [-0.2, 0) is 11.2 Å². The molecular formula is C17H15IN2O4. The van der Waals surface area contributed by atoms with Crippen molar-refractivity contribution in [3.8, 4) is 5.75 Å². The van der Waals surface area contributed by atoms with Gasteiger partial charge in [0.05, 0.1) is 4.92 Å². The van der Waals surface area contributed by atoms with Gasteiger partial charge in [-0.3, -0.25) is 14.9 Å². The summed E-state index contributed by atoms with van der Waals surface area (Å²) in [5.41, 5.74) is 1.62. The third kappa shape index (κ3) is 3.66. The maximum absolute atomic E-state index is 12.5. The molecule has 1 aliphatic rings. The van der Waals surface area contributed by atoms with Gasteiger partial charge in [-0.05, 0) is 65.3 Å². The topological polar surface area (TPSA) is 72.7 Å². The number of amides is 1. The van der Waals surface area contributed by atoms with Crippen molar-refractivity contribution in [1.82, 2.24) is 0 Å². The highest BCUT2D eigenvalue weighted by Gasteiger charge is 2.24. The van der Waals surface area contributed by atoms with Gasteiger partial charge in [-0.1, -0.05) is 6.07 Å². The van der Waals surface area contributed by atoms with Crippen LogP contribution in [-0.4, -0.2) is 24.0 Å². The first-order chi connectivity index (χ1) is 11.5. The van der Waals surface area contributed by atoms with Gasteiger partial charge in [-0.15, -0.1) is 0 Å². The van der Waals surface area contributed by atoms with E-state index in [1.165, 1.54) is 6.07 Å². The van der Waals surface area contributed by atoms with Crippen molar-refractivity contribution in [2.24, 2.45) is 0 Å². The molecular weight excluding hydrogens is 423 g/mol. The highest BCUT2D eigenvalue weighted by Crippen LogP contribution is 2.30. The summed E-state index contributed by atoms with van der Waals surface area (Å²) in [6.07, 6.45) is 1.52. The molecule has 6 nitrogen and oxygen atoms in total. The Morgan fingerprint density at radius 3 is 2.88 bits per heavy atom. The quantitative estimate of drug-likeness (QED) is 0.416. The molecule has 1 aliphatic heterocycles. The first-order valence-corrected chi connectivity index (χ1v) is 8.58. The first-order valence-electron chi connectivity index (χ1n) is 7.50. The predicted octanol–water partition coefficient (Wildman–Crippen LogP) is 3.56. The zero-order valence-electron chi connectivity index (χ0n) is 12.8. The van der Waals surface area contributed by atoms with Crippen LogP contribution in [0.25, 0.3) is 0 Å². The van der Waals surface area contributed by atoms with Gasteiger partial charge in [0.15, 0.2) is 6.61 Å². The number of fused-ring (bicyclic) bond motifs is 1. The second-order valence-corrected chi connectivity index (χ2v) is 6.71. The number of halogens is 1. The van der Waals surface area contributed by atoms with Gasteiger partial charge < -0.3 is 9.64 Å². The number of benzene rings is 2. The largest absolute Gasteiger partial charge is 0.484 e. The van der Waals surface area contributed by atoms with E-state index in [1.54, 1.807) is 17.0 Å². The van der Waals surface area contributed by atoms with Crippen molar-refractivity contribution < 1.29 is 14.5 Å². The molecule has 1 heterocycles. The molecule has 24 heavy (non-hydrogen) atoms. The third-order valence-corrected chi connectivity index (χ3v) is 4.52. The van der Waals surface area contributed by atoms with Crippen molar-refractivity contribution in [3.63, 3.8) is 0 Å². The van der Waals surface area contributed by atoms with Crippen molar-refractivity contribution in [2.45, 2.75) is 12.8 Å². The van der Waals surface area contributed by atoms with Crippen molar-refractivity contribution in [1.29, 1.82) is 0 Å². The summed E-state index contributed by atoms with van der Waals surface area (Å²) in [6.45, 7) is 0.538. The number of nitro benzene ring substituents is 1. The van der Waals surface area contributed by atoms with Crippen LogP contribution < -0.4 is 9.64 Å². The number of nitro groups is 1. The van der Waals surface area contributed by atoms with E-state index in [0.717, 1.165) is 27.7 Å². The highest BCUT2D eigenvalue weighted by atomic mass is 127. The molecule has 0 saturated heterocycles. The molecule has 0 N–H and O–H groups in total. The Bertz CT molecular complexity index is 794. The summed E-state index contributed by atoms with van der Waals surface area (Å²) in [5, 5.41) is 10.9. The highest BCUT2D eigenvalue weighted by molar-refractivity contribution is 14.1. The van der Waals surface area contributed by atoms with Gasteiger partial charge >= 0.3 is 0 Å². The van der Waals surface area contributed by atoms with Gasteiger partial charge in [0.25, 0.3) is 11.6 Å². The molecule has 0 atom stereocenters. The van der Waals surface area contributed by atoms with Crippen molar-refractivity contribution in [3.05, 3.63) is 61.7 Å².